The summed E-state index contributed by atoms with van der Waals surface area (Å²) in [6.07, 6.45) is 1.38. The lowest BCUT2D eigenvalue weighted by molar-refractivity contribution is 0.0458. The normalized spacial score (nSPS) is 10.5. The Balaban J connectivity index is 1.67. The van der Waals surface area contributed by atoms with E-state index in [-0.39, 0.29) is 17.9 Å². The molecule has 0 aliphatic heterocycles. The van der Waals surface area contributed by atoms with Gasteiger partial charge in [-0.1, -0.05) is 13.8 Å². The van der Waals surface area contributed by atoms with Crippen LogP contribution in [0.2, 0.25) is 0 Å². The Labute approximate surface area is 192 Å². The third kappa shape index (κ3) is 6.42. The molecule has 3 aromatic rings. The van der Waals surface area contributed by atoms with E-state index in [9.17, 15) is 9.59 Å². The lowest BCUT2D eigenvalue weighted by Crippen LogP contribution is -2.10. The summed E-state index contributed by atoms with van der Waals surface area (Å²) in [4.78, 5) is 32.2. The number of anilines is 5. The largest absolute Gasteiger partial charge is 0.462 e. The molecule has 1 aromatic heterocycles. The van der Waals surface area contributed by atoms with Gasteiger partial charge in [-0.2, -0.15) is 0 Å². The van der Waals surface area contributed by atoms with Crippen LogP contribution >= 0.6 is 0 Å². The Morgan fingerprint density at radius 1 is 0.848 bits per heavy atom. The maximum Gasteiger partial charge on any atom is 0.338 e. The predicted molar refractivity (Wildman–Crippen MR) is 127 cm³/mol. The van der Waals surface area contributed by atoms with Crippen molar-refractivity contribution in [2.45, 2.75) is 20.8 Å². The first-order chi connectivity index (χ1) is 15.9. The van der Waals surface area contributed by atoms with Gasteiger partial charge in [0.1, 0.15) is 12.0 Å². The van der Waals surface area contributed by atoms with Crippen molar-refractivity contribution in [3.8, 4) is 0 Å². The fraction of sp³-hybridized carbons (Fsp3) is 0.250. The highest BCUT2D eigenvalue weighted by atomic mass is 16.5. The smallest absolute Gasteiger partial charge is 0.338 e. The fourth-order valence-electron chi connectivity index (χ4n) is 2.79. The first-order valence-electron chi connectivity index (χ1n) is 10.6. The zero-order chi connectivity index (χ0) is 23.8. The molecule has 0 fully saturated rings. The summed E-state index contributed by atoms with van der Waals surface area (Å²) in [5, 5.41) is 6.24. The van der Waals surface area contributed by atoms with E-state index in [1.165, 1.54) is 6.33 Å². The summed E-state index contributed by atoms with van der Waals surface area (Å²) >= 11 is 0. The molecular weight excluding hydrogens is 422 g/mol. The molecule has 9 nitrogen and oxygen atoms in total. The van der Waals surface area contributed by atoms with E-state index >= 15 is 0 Å². The Bertz CT molecular complexity index is 1100. The Morgan fingerprint density at radius 3 is 1.73 bits per heavy atom. The highest BCUT2D eigenvalue weighted by molar-refractivity contribution is 5.91. The number of hydrogen-bond donors (Lipinski definition) is 3. The number of ether oxygens (including phenoxy) is 2. The number of hydrogen-bond acceptors (Lipinski definition) is 9. The average Bonchev–Trinajstić information content (AvgIpc) is 2.81. The summed E-state index contributed by atoms with van der Waals surface area (Å²) in [5.74, 6) is 0.346. The summed E-state index contributed by atoms with van der Waals surface area (Å²) in [6, 6.07) is 13.6. The molecule has 0 aliphatic rings. The van der Waals surface area contributed by atoms with Crippen molar-refractivity contribution in [2.24, 2.45) is 5.92 Å². The maximum atomic E-state index is 12.1. The number of nitrogens with zero attached hydrogens (tertiary/aromatic N) is 2. The second-order valence-electron chi connectivity index (χ2n) is 7.60. The van der Waals surface area contributed by atoms with Gasteiger partial charge in [-0.3, -0.25) is 0 Å². The quantitative estimate of drug-likeness (QED) is 0.403. The molecule has 0 aliphatic carbocycles. The number of carbonyl (C=O) groups excluding carboxylic acids is 2. The van der Waals surface area contributed by atoms with Gasteiger partial charge >= 0.3 is 11.9 Å². The van der Waals surface area contributed by atoms with E-state index in [1.807, 2.05) is 13.8 Å². The second kappa shape index (κ2) is 10.9. The number of nitrogen functional groups attached to an aromatic ring is 1. The molecule has 4 N–H and O–H groups in total. The van der Waals surface area contributed by atoms with Crippen LogP contribution in [0.5, 0.6) is 0 Å². The SMILES string of the molecule is CCOC(=O)c1ccc(Nc2ncnc(Nc3ccc(C(=O)OCC(C)C)cc3)c2N)cc1. The minimum Gasteiger partial charge on any atom is -0.462 e. The third-order valence-corrected chi connectivity index (χ3v) is 4.47. The van der Waals surface area contributed by atoms with Crippen LogP contribution in [0.25, 0.3) is 0 Å². The summed E-state index contributed by atoms with van der Waals surface area (Å²) in [6.45, 7) is 6.41. The lowest BCUT2D eigenvalue weighted by Gasteiger charge is -2.13. The van der Waals surface area contributed by atoms with Crippen molar-refractivity contribution in [1.82, 2.24) is 9.97 Å². The number of rotatable bonds is 9. The highest BCUT2D eigenvalue weighted by Crippen LogP contribution is 2.28. The summed E-state index contributed by atoms with van der Waals surface area (Å²) in [7, 11) is 0. The highest BCUT2D eigenvalue weighted by Gasteiger charge is 2.12. The van der Waals surface area contributed by atoms with E-state index in [4.69, 9.17) is 15.2 Å². The molecule has 0 radical (unpaired) electrons. The molecule has 0 unspecified atom stereocenters. The number of aromatic nitrogens is 2. The van der Waals surface area contributed by atoms with Crippen molar-refractivity contribution >= 4 is 40.6 Å². The Morgan fingerprint density at radius 2 is 1.30 bits per heavy atom. The molecule has 0 saturated carbocycles. The number of carbonyl (C=O) groups is 2. The van der Waals surface area contributed by atoms with Gasteiger partial charge in [0.05, 0.1) is 24.3 Å². The first kappa shape index (κ1) is 23.5. The molecule has 1 heterocycles. The Hall–Kier alpha value is -4.14. The fourth-order valence-corrected chi connectivity index (χ4v) is 2.79. The van der Waals surface area contributed by atoms with Crippen molar-refractivity contribution in [2.75, 3.05) is 29.6 Å². The topological polar surface area (TPSA) is 128 Å². The molecule has 0 bridgehead atoms. The molecule has 172 valence electrons. The Kier molecular flexibility index (Phi) is 7.80. The van der Waals surface area contributed by atoms with Crippen LogP contribution in [-0.2, 0) is 9.47 Å². The lowest BCUT2D eigenvalue weighted by atomic mass is 10.2. The average molecular weight is 450 g/mol. The molecule has 0 amide bonds. The molecule has 33 heavy (non-hydrogen) atoms. The van der Waals surface area contributed by atoms with Crippen LogP contribution in [0, 0.1) is 5.92 Å². The van der Waals surface area contributed by atoms with Gasteiger partial charge in [0, 0.05) is 11.4 Å². The molecule has 3 rings (SSSR count). The molecule has 0 atom stereocenters. The van der Waals surface area contributed by atoms with Crippen molar-refractivity contribution in [3.63, 3.8) is 0 Å². The van der Waals surface area contributed by atoms with Crippen molar-refractivity contribution in [1.29, 1.82) is 0 Å². The van der Waals surface area contributed by atoms with E-state index in [1.54, 1.807) is 55.5 Å². The van der Waals surface area contributed by atoms with E-state index in [0.29, 0.717) is 53.0 Å². The van der Waals surface area contributed by atoms with Gasteiger partial charge in [-0.05, 0) is 61.4 Å². The van der Waals surface area contributed by atoms with Crippen LogP contribution in [0.1, 0.15) is 41.5 Å². The van der Waals surface area contributed by atoms with Gasteiger partial charge in [-0.25, -0.2) is 19.6 Å². The molecule has 9 heteroatoms. The summed E-state index contributed by atoms with van der Waals surface area (Å²) in [5.41, 5.74) is 8.87. The minimum absolute atomic E-state index is 0.272. The zero-order valence-electron chi connectivity index (χ0n) is 18.8. The maximum absolute atomic E-state index is 12.1. The number of esters is 2. The second-order valence-corrected chi connectivity index (χ2v) is 7.60. The molecule has 0 saturated heterocycles. The molecule has 2 aromatic carbocycles. The van der Waals surface area contributed by atoms with Crippen molar-refractivity contribution < 1.29 is 19.1 Å². The van der Waals surface area contributed by atoms with Crippen LogP contribution in [0.15, 0.2) is 54.9 Å². The van der Waals surface area contributed by atoms with E-state index in [0.717, 1.165) is 0 Å². The van der Waals surface area contributed by atoms with Crippen LogP contribution in [0.4, 0.5) is 28.7 Å². The third-order valence-electron chi connectivity index (χ3n) is 4.47. The van der Waals surface area contributed by atoms with Gasteiger partial charge in [0.2, 0.25) is 0 Å². The monoisotopic (exact) mass is 449 g/mol. The van der Waals surface area contributed by atoms with Gasteiger partial charge in [-0.15, -0.1) is 0 Å². The predicted octanol–water partition coefficient (Wildman–Crippen LogP) is 4.54. The number of nitrogens with one attached hydrogen (secondary N) is 2. The minimum atomic E-state index is -0.378. The van der Waals surface area contributed by atoms with Crippen LogP contribution in [-0.4, -0.2) is 35.1 Å². The van der Waals surface area contributed by atoms with Crippen LogP contribution < -0.4 is 16.4 Å². The van der Waals surface area contributed by atoms with Gasteiger partial charge < -0.3 is 25.8 Å². The first-order valence-corrected chi connectivity index (χ1v) is 10.6. The standard InChI is InChI=1S/C24H27N5O4/c1-4-32-23(30)16-5-9-18(10-6-16)28-21-20(25)22(27-14-26-21)29-19-11-7-17(8-12-19)24(31)33-13-15(2)3/h5-12,14-15H,4,13,25H2,1-3H3,(H2,26,27,28,29). The van der Waals surface area contributed by atoms with Crippen LogP contribution in [0.3, 0.4) is 0 Å². The van der Waals surface area contributed by atoms with Crippen molar-refractivity contribution in [3.05, 3.63) is 66.0 Å². The zero-order valence-corrected chi connectivity index (χ0v) is 18.8. The molecular formula is C24H27N5O4. The number of nitrogens with two attached hydrogens (primary N) is 1. The summed E-state index contributed by atoms with van der Waals surface area (Å²) < 4.78 is 10.2. The van der Waals surface area contributed by atoms with Gasteiger partial charge in [0.25, 0.3) is 0 Å². The number of benzene rings is 2. The molecule has 0 spiro atoms. The van der Waals surface area contributed by atoms with E-state index in [2.05, 4.69) is 20.6 Å². The van der Waals surface area contributed by atoms with Gasteiger partial charge in [0.15, 0.2) is 11.6 Å². The van der Waals surface area contributed by atoms with E-state index < -0.39 is 0 Å².